The third-order valence-electron chi connectivity index (χ3n) is 3.91. The Morgan fingerprint density at radius 1 is 1.33 bits per heavy atom. The molecule has 0 heterocycles. The van der Waals surface area contributed by atoms with Crippen LogP contribution in [0.1, 0.15) is 58.8 Å². The van der Waals surface area contributed by atoms with Gasteiger partial charge in [-0.3, -0.25) is 4.90 Å². The molecule has 1 saturated carbocycles. The molecule has 2 heteroatoms. The van der Waals surface area contributed by atoms with Crippen molar-refractivity contribution in [2.45, 2.75) is 71.1 Å². The van der Waals surface area contributed by atoms with Crippen LogP contribution in [0.25, 0.3) is 0 Å². The monoisotopic (exact) mass is 213 g/mol. The summed E-state index contributed by atoms with van der Waals surface area (Å²) in [5.41, 5.74) is 0. The maximum atomic E-state index is 9.86. The minimum atomic E-state index is -0.239. The van der Waals surface area contributed by atoms with Crippen LogP contribution < -0.4 is 0 Å². The SMILES string of the molecule is CCCCC1CCCC1N(C)C(O)CC. The third-order valence-corrected chi connectivity index (χ3v) is 3.91. The lowest BCUT2D eigenvalue weighted by atomic mass is 9.95. The highest BCUT2D eigenvalue weighted by molar-refractivity contribution is 4.84. The van der Waals surface area contributed by atoms with Gasteiger partial charge in [-0.15, -0.1) is 0 Å². The van der Waals surface area contributed by atoms with E-state index in [9.17, 15) is 5.11 Å². The first-order valence-electron chi connectivity index (χ1n) is 6.60. The highest BCUT2D eigenvalue weighted by atomic mass is 16.3. The topological polar surface area (TPSA) is 23.5 Å². The fourth-order valence-electron chi connectivity index (χ4n) is 2.87. The third kappa shape index (κ3) is 3.46. The fraction of sp³-hybridized carbons (Fsp3) is 1.00. The molecule has 0 aromatic rings. The van der Waals surface area contributed by atoms with Crippen molar-refractivity contribution in [2.75, 3.05) is 7.05 Å². The summed E-state index contributed by atoms with van der Waals surface area (Å²) in [6.07, 6.45) is 8.58. The van der Waals surface area contributed by atoms with Crippen LogP contribution in [0.15, 0.2) is 0 Å². The van der Waals surface area contributed by atoms with Crippen molar-refractivity contribution in [2.24, 2.45) is 5.92 Å². The molecule has 0 aliphatic heterocycles. The molecule has 0 aromatic carbocycles. The van der Waals surface area contributed by atoms with Crippen LogP contribution in [0.3, 0.4) is 0 Å². The van der Waals surface area contributed by atoms with E-state index in [2.05, 4.69) is 25.8 Å². The molecule has 1 fully saturated rings. The quantitative estimate of drug-likeness (QED) is 0.686. The van der Waals surface area contributed by atoms with Gasteiger partial charge < -0.3 is 5.11 Å². The van der Waals surface area contributed by atoms with Crippen molar-refractivity contribution < 1.29 is 5.11 Å². The molecule has 1 aliphatic carbocycles. The molecule has 90 valence electrons. The second-order valence-electron chi connectivity index (χ2n) is 4.95. The second kappa shape index (κ2) is 6.49. The van der Waals surface area contributed by atoms with Gasteiger partial charge in [0.2, 0.25) is 0 Å². The Morgan fingerprint density at radius 3 is 2.67 bits per heavy atom. The lowest BCUT2D eigenvalue weighted by Gasteiger charge is -2.33. The fourth-order valence-corrected chi connectivity index (χ4v) is 2.87. The normalized spacial score (nSPS) is 28.6. The van der Waals surface area contributed by atoms with Gasteiger partial charge in [0.15, 0.2) is 0 Å². The minimum absolute atomic E-state index is 0.239. The predicted octanol–water partition coefficient (Wildman–Crippen LogP) is 3.01. The van der Waals surface area contributed by atoms with E-state index in [0.717, 1.165) is 12.3 Å². The molecular weight excluding hydrogens is 186 g/mol. The Bertz CT molecular complexity index is 172. The van der Waals surface area contributed by atoms with Crippen LogP contribution in [0.2, 0.25) is 0 Å². The van der Waals surface area contributed by atoms with E-state index in [1.807, 2.05) is 0 Å². The summed E-state index contributed by atoms with van der Waals surface area (Å²) in [6.45, 7) is 4.31. The van der Waals surface area contributed by atoms with Crippen molar-refractivity contribution in [3.05, 3.63) is 0 Å². The molecule has 0 aromatic heterocycles. The maximum absolute atomic E-state index is 9.86. The number of rotatable bonds is 6. The smallest absolute Gasteiger partial charge is 0.107 e. The molecule has 0 amide bonds. The van der Waals surface area contributed by atoms with Crippen molar-refractivity contribution in [3.8, 4) is 0 Å². The Morgan fingerprint density at radius 2 is 2.07 bits per heavy atom. The van der Waals surface area contributed by atoms with Gasteiger partial charge in [-0.25, -0.2) is 0 Å². The second-order valence-corrected chi connectivity index (χ2v) is 4.95. The molecule has 0 radical (unpaired) electrons. The molecule has 0 spiro atoms. The zero-order valence-electron chi connectivity index (χ0n) is 10.6. The lowest BCUT2D eigenvalue weighted by molar-refractivity contribution is -0.0193. The molecular formula is C13H27NO. The Balaban J connectivity index is 2.44. The van der Waals surface area contributed by atoms with Crippen molar-refractivity contribution in [1.29, 1.82) is 0 Å². The largest absolute Gasteiger partial charge is 0.378 e. The van der Waals surface area contributed by atoms with E-state index in [-0.39, 0.29) is 6.23 Å². The summed E-state index contributed by atoms with van der Waals surface area (Å²) in [7, 11) is 2.09. The summed E-state index contributed by atoms with van der Waals surface area (Å²) >= 11 is 0. The first kappa shape index (κ1) is 13.0. The van der Waals surface area contributed by atoms with Crippen molar-refractivity contribution in [1.82, 2.24) is 4.90 Å². The molecule has 3 unspecified atom stereocenters. The standard InChI is InChI=1S/C13H27NO/c1-4-6-8-11-9-7-10-12(11)14(3)13(15)5-2/h11-13,15H,4-10H2,1-3H3. The first-order chi connectivity index (χ1) is 7.20. The van der Waals surface area contributed by atoms with Crippen LogP contribution in [0, 0.1) is 5.92 Å². The molecule has 0 saturated heterocycles. The van der Waals surface area contributed by atoms with Crippen LogP contribution >= 0.6 is 0 Å². The summed E-state index contributed by atoms with van der Waals surface area (Å²) < 4.78 is 0. The summed E-state index contributed by atoms with van der Waals surface area (Å²) in [6, 6.07) is 0.631. The number of hydrogen-bond donors (Lipinski definition) is 1. The average molecular weight is 213 g/mol. The number of aliphatic hydroxyl groups is 1. The van der Waals surface area contributed by atoms with E-state index < -0.39 is 0 Å². The molecule has 3 atom stereocenters. The summed E-state index contributed by atoms with van der Waals surface area (Å²) in [4.78, 5) is 2.20. The van der Waals surface area contributed by atoms with Gasteiger partial charge in [-0.1, -0.05) is 33.1 Å². The predicted molar refractivity (Wildman–Crippen MR) is 64.7 cm³/mol. The van der Waals surface area contributed by atoms with Crippen LogP contribution in [0.5, 0.6) is 0 Å². The molecule has 15 heavy (non-hydrogen) atoms. The van der Waals surface area contributed by atoms with Crippen molar-refractivity contribution in [3.63, 3.8) is 0 Å². The van der Waals surface area contributed by atoms with Crippen LogP contribution in [0.4, 0.5) is 0 Å². The van der Waals surface area contributed by atoms with Gasteiger partial charge in [0.1, 0.15) is 6.23 Å². The van der Waals surface area contributed by atoms with Gasteiger partial charge in [-0.05, 0) is 38.6 Å². The van der Waals surface area contributed by atoms with Gasteiger partial charge in [0.05, 0.1) is 0 Å². The molecule has 1 N–H and O–H groups in total. The van der Waals surface area contributed by atoms with E-state index >= 15 is 0 Å². The average Bonchev–Trinajstić information content (AvgIpc) is 2.72. The molecule has 1 rings (SSSR count). The molecule has 1 aliphatic rings. The Labute approximate surface area is 94.7 Å². The highest BCUT2D eigenvalue weighted by Gasteiger charge is 2.31. The lowest BCUT2D eigenvalue weighted by Crippen LogP contribution is -2.41. The minimum Gasteiger partial charge on any atom is -0.378 e. The van der Waals surface area contributed by atoms with Gasteiger partial charge in [0, 0.05) is 6.04 Å². The van der Waals surface area contributed by atoms with E-state index in [1.165, 1.54) is 38.5 Å². The van der Waals surface area contributed by atoms with Gasteiger partial charge >= 0.3 is 0 Å². The highest BCUT2D eigenvalue weighted by Crippen LogP contribution is 2.33. The summed E-state index contributed by atoms with van der Waals surface area (Å²) in [5.74, 6) is 0.830. The Hall–Kier alpha value is -0.0800. The first-order valence-corrected chi connectivity index (χ1v) is 6.60. The zero-order chi connectivity index (χ0) is 11.3. The van der Waals surface area contributed by atoms with E-state index in [1.54, 1.807) is 0 Å². The number of unbranched alkanes of at least 4 members (excludes halogenated alkanes) is 1. The molecule has 0 bridgehead atoms. The van der Waals surface area contributed by atoms with Gasteiger partial charge in [0.25, 0.3) is 0 Å². The van der Waals surface area contributed by atoms with Gasteiger partial charge in [-0.2, -0.15) is 0 Å². The van der Waals surface area contributed by atoms with Crippen molar-refractivity contribution >= 4 is 0 Å². The summed E-state index contributed by atoms with van der Waals surface area (Å²) in [5, 5.41) is 9.86. The number of hydrogen-bond acceptors (Lipinski definition) is 2. The maximum Gasteiger partial charge on any atom is 0.107 e. The number of aliphatic hydroxyl groups excluding tert-OH is 1. The van der Waals surface area contributed by atoms with Crippen LogP contribution in [-0.4, -0.2) is 29.3 Å². The van der Waals surface area contributed by atoms with Crippen LogP contribution in [-0.2, 0) is 0 Å². The molecule has 2 nitrogen and oxygen atoms in total. The van der Waals surface area contributed by atoms with E-state index in [0.29, 0.717) is 6.04 Å². The zero-order valence-corrected chi connectivity index (χ0v) is 10.6. The van der Waals surface area contributed by atoms with E-state index in [4.69, 9.17) is 0 Å². The number of nitrogens with zero attached hydrogens (tertiary/aromatic N) is 1. The Kier molecular flexibility index (Phi) is 5.62.